The molecular formula is C26H32N2O2. The molecule has 158 valence electrons. The first kappa shape index (κ1) is 21.9. The van der Waals surface area contributed by atoms with Crippen LogP contribution in [0.4, 0.5) is 0 Å². The second-order valence-electron chi connectivity index (χ2n) is 10.0. The van der Waals surface area contributed by atoms with Crippen LogP contribution in [0.3, 0.4) is 0 Å². The van der Waals surface area contributed by atoms with Crippen LogP contribution >= 0.6 is 0 Å². The summed E-state index contributed by atoms with van der Waals surface area (Å²) >= 11 is 0. The van der Waals surface area contributed by atoms with Crippen molar-refractivity contribution >= 4 is 17.4 Å². The third kappa shape index (κ3) is 4.09. The van der Waals surface area contributed by atoms with Gasteiger partial charge in [0, 0.05) is 23.3 Å². The molecule has 0 radical (unpaired) electrons. The van der Waals surface area contributed by atoms with Crippen molar-refractivity contribution in [2.24, 2.45) is 15.9 Å². The Labute approximate surface area is 180 Å². The van der Waals surface area contributed by atoms with Gasteiger partial charge in [-0.1, -0.05) is 78.8 Å². The molecule has 0 saturated carbocycles. The summed E-state index contributed by atoms with van der Waals surface area (Å²) in [6, 6.07) is 9.79. The summed E-state index contributed by atoms with van der Waals surface area (Å²) in [4.78, 5) is 26.7. The van der Waals surface area contributed by atoms with Crippen molar-refractivity contribution in [1.82, 2.24) is 5.01 Å². The highest BCUT2D eigenvalue weighted by Gasteiger charge is 2.38. The molecule has 0 fully saturated rings. The Morgan fingerprint density at radius 1 is 0.867 bits per heavy atom. The van der Waals surface area contributed by atoms with Gasteiger partial charge in [-0.05, 0) is 35.0 Å². The zero-order valence-electron chi connectivity index (χ0n) is 19.2. The van der Waals surface area contributed by atoms with Crippen molar-refractivity contribution in [3.63, 3.8) is 0 Å². The van der Waals surface area contributed by atoms with Gasteiger partial charge < -0.3 is 0 Å². The van der Waals surface area contributed by atoms with E-state index in [-0.39, 0.29) is 22.5 Å². The highest BCUT2D eigenvalue weighted by molar-refractivity contribution is 6.32. The van der Waals surface area contributed by atoms with Gasteiger partial charge in [0.15, 0.2) is 5.78 Å². The van der Waals surface area contributed by atoms with Gasteiger partial charge in [0.05, 0.1) is 5.57 Å². The second kappa shape index (κ2) is 7.82. The molecule has 1 aromatic rings. The van der Waals surface area contributed by atoms with Gasteiger partial charge in [0.2, 0.25) is 0 Å². The van der Waals surface area contributed by atoms with E-state index >= 15 is 0 Å². The number of allylic oxidation sites excluding steroid dienone is 5. The normalized spacial score (nSPS) is 18.0. The Morgan fingerprint density at radius 2 is 1.40 bits per heavy atom. The molecule has 0 spiro atoms. The van der Waals surface area contributed by atoms with Crippen molar-refractivity contribution < 1.29 is 9.59 Å². The van der Waals surface area contributed by atoms with E-state index in [1.165, 1.54) is 0 Å². The quantitative estimate of drug-likeness (QED) is 0.628. The molecule has 30 heavy (non-hydrogen) atoms. The van der Waals surface area contributed by atoms with Gasteiger partial charge in [0.1, 0.15) is 5.71 Å². The van der Waals surface area contributed by atoms with E-state index in [0.29, 0.717) is 17.8 Å². The summed E-state index contributed by atoms with van der Waals surface area (Å²) in [7, 11) is 0. The molecule has 1 heterocycles. The first-order valence-electron chi connectivity index (χ1n) is 10.6. The summed E-state index contributed by atoms with van der Waals surface area (Å²) < 4.78 is 0. The standard InChI is InChI=1S/C26H32N2O2/c1-8-14-28-24(30)21(22(27-28)17-12-10-9-11-13-17)18-15-19(25(2,3)4)23(29)20(16-18)26(5,6)7/h9-13,15-16H,8,14H2,1-7H3. The Morgan fingerprint density at radius 3 is 1.87 bits per heavy atom. The Balaban J connectivity index is 2.30. The molecule has 1 aromatic carbocycles. The van der Waals surface area contributed by atoms with Gasteiger partial charge in [0.25, 0.3) is 5.91 Å². The molecule has 1 aliphatic heterocycles. The Kier molecular flexibility index (Phi) is 5.72. The van der Waals surface area contributed by atoms with E-state index in [0.717, 1.165) is 28.7 Å². The van der Waals surface area contributed by atoms with Gasteiger partial charge >= 0.3 is 0 Å². The molecular weight excluding hydrogens is 372 g/mol. The molecule has 3 rings (SSSR count). The minimum absolute atomic E-state index is 0.0633. The molecule has 2 aliphatic rings. The SMILES string of the molecule is CCCN1N=C(c2ccccc2)C(=C2C=C(C(C)(C)C)C(=O)C(C(C)(C)C)=C2)C1=O. The minimum atomic E-state index is -0.331. The number of hydrogen-bond acceptors (Lipinski definition) is 3. The third-order valence-electron chi connectivity index (χ3n) is 5.38. The lowest BCUT2D eigenvalue weighted by Crippen LogP contribution is -2.29. The van der Waals surface area contributed by atoms with Crippen molar-refractivity contribution in [2.45, 2.75) is 54.9 Å². The summed E-state index contributed by atoms with van der Waals surface area (Å²) in [6.45, 7) is 14.8. The fraction of sp³-hybridized carbons (Fsp3) is 0.423. The molecule has 0 atom stereocenters. The molecule has 4 heteroatoms. The zero-order chi connectivity index (χ0) is 22.3. The van der Waals surface area contributed by atoms with E-state index in [1.807, 2.05) is 91.0 Å². The van der Waals surface area contributed by atoms with Crippen LogP contribution in [0.1, 0.15) is 60.5 Å². The van der Waals surface area contributed by atoms with Crippen LogP contribution < -0.4 is 0 Å². The van der Waals surface area contributed by atoms with E-state index in [2.05, 4.69) is 5.10 Å². The summed E-state index contributed by atoms with van der Waals surface area (Å²) in [6.07, 6.45) is 4.63. The number of hydrogen-bond donors (Lipinski definition) is 0. The van der Waals surface area contributed by atoms with E-state index in [9.17, 15) is 9.59 Å². The maximum atomic E-state index is 13.4. The lowest BCUT2D eigenvalue weighted by atomic mass is 9.71. The van der Waals surface area contributed by atoms with E-state index in [4.69, 9.17) is 0 Å². The van der Waals surface area contributed by atoms with Crippen LogP contribution in [0.2, 0.25) is 0 Å². The minimum Gasteiger partial charge on any atom is -0.289 e. The van der Waals surface area contributed by atoms with Gasteiger partial charge in [-0.3, -0.25) is 9.59 Å². The van der Waals surface area contributed by atoms with Gasteiger partial charge in [-0.25, -0.2) is 5.01 Å². The first-order chi connectivity index (χ1) is 13.9. The summed E-state index contributed by atoms with van der Waals surface area (Å²) in [5, 5.41) is 6.23. The number of carbonyl (C=O) groups excluding carboxylic acids is 2. The fourth-order valence-electron chi connectivity index (χ4n) is 3.76. The fourth-order valence-corrected chi connectivity index (χ4v) is 3.76. The van der Waals surface area contributed by atoms with Crippen LogP contribution in [-0.4, -0.2) is 29.0 Å². The van der Waals surface area contributed by atoms with Crippen molar-refractivity contribution in [1.29, 1.82) is 0 Å². The summed E-state index contributed by atoms with van der Waals surface area (Å²) in [5.74, 6) is -0.0394. The average Bonchev–Trinajstić information content (AvgIpc) is 2.98. The van der Waals surface area contributed by atoms with Crippen LogP contribution in [0.25, 0.3) is 0 Å². The number of rotatable bonds is 3. The highest BCUT2D eigenvalue weighted by atomic mass is 16.2. The largest absolute Gasteiger partial charge is 0.289 e. The molecule has 0 N–H and O–H groups in total. The van der Waals surface area contributed by atoms with Crippen LogP contribution in [0.15, 0.2) is 69.9 Å². The molecule has 1 aliphatic carbocycles. The van der Waals surface area contributed by atoms with Crippen LogP contribution in [0.5, 0.6) is 0 Å². The van der Waals surface area contributed by atoms with E-state index in [1.54, 1.807) is 5.01 Å². The van der Waals surface area contributed by atoms with Gasteiger partial charge in [-0.15, -0.1) is 0 Å². The number of Topliss-reactive ketones (excluding diaryl/α,β-unsaturated/α-hetero) is 1. The van der Waals surface area contributed by atoms with Crippen molar-refractivity contribution in [3.8, 4) is 0 Å². The van der Waals surface area contributed by atoms with Crippen molar-refractivity contribution in [3.05, 3.63) is 70.3 Å². The smallest absolute Gasteiger partial charge is 0.276 e. The first-order valence-corrected chi connectivity index (χ1v) is 10.6. The molecule has 0 saturated heterocycles. The number of amides is 1. The molecule has 0 unspecified atom stereocenters. The van der Waals surface area contributed by atoms with Gasteiger partial charge in [-0.2, -0.15) is 5.10 Å². The zero-order valence-corrected chi connectivity index (χ0v) is 19.2. The Hall–Kier alpha value is -2.75. The van der Waals surface area contributed by atoms with Crippen LogP contribution in [-0.2, 0) is 9.59 Å². The maximum absolute atomic E-state index is 13.4. The summed E-state index contributed by atoms with van der Waals surface area (Å²) in [5.41, 5.74) is 3.72. The third-order valence-corrected chi connectivity index (χ3v) is 5.38. The molecule has 1 amide bonds. The average molecular weight is 405 g/mol. The number of ketones is 1. The topological polar surface area (TPSA) is 49.7 Å². The number of carbonyl (C=O) groups is 2. The number of nitrogens with zero attached hydrogens (tertiary/aromatic N) is 2. The predicted molar refractivity (Wildman–Crippen MR) is 122 cm³/mol. The number of benzene rings is 1. The highest BCUT2D eigenvalue weighted by Crippen LogP contribution is 2.40. The molecule has 4 nitrogen and oxygen atoms in total. The predicted octanol–water partition coefficient (Wildman–Crippen LogP) is 5.47. The number of hydrazone groups is 1. The maximum Gasteiger partial charge on any atom is 0.276 e. The molecule has 0 bridgehead atoms. The van der Waals surface area contributed by atoms with E-state index < -0.39 is 0 Å². The Bertz CT molecular complexity index is 958. The second-order valence-corrected chi connectivity index (χ2v) is 10.0. The lowest BCUT2D eigenvalue weighted by Gasteiger charge is -2.31. The van der Waals surface area contributed by atoms with Crippen LogP contribution in [0, 0.1) is 10.8 Å². The monoisotopic (exact) mass is 404 g/mol. The lowest BCUT2D eigenvalue weighted by molar-refractivity contribution is -0.125. The molecule has 0 aromatic heterocycles. The van der Waals surface area contributed by atoms with Crippen molar-refractivity contribution in [2.75, 3.05) is 6.54 Å².